The number of rotatable bonds is 5. The Kier molecular flexibility index (Phi) is 5.71. The van der Waals surface area contributed by atoms with E-state index in [0.717, 1.165) is 44.0 Å². The lowest BCUT2D eigenvalue weighted by molar-refractivity contribution is -0.135. The molecule has 0 aromatic heterocycles. The summed E-state index contributed by atoms with van der Waals surface area (Å²) in [7, 11) is 0. The number of hydrogen-bond acceptors (Lipinski definition) is 3. The van der Waals surface area contributed by atoms with Crippen LogP contribution in [0.3, 0.4) is 0 Å². The quantitative estimate of drug-likeness (QED) is 0.840. The minimum atomic E-state index is 0.0697. The molecular weight excluding hydrogens is 312 g/mol. The molecule has 2 aromatic rings. The predicted octanol–water partition coefficient (Wildman–Crippen LogP) is 3.03. The van der Waals surface area contributed by atoms with Crippen LogP contribution in [-0.2, 0) is 11.3 Å². The monoisotopic (exact) mass is 338 g/mol. The summed E-state index contributed by atoms with van der Waals surface area (Å²) in [5, 5.41) is 0. The third-order valence-electron chi connectivity index (χ3n) is 4.88. The maximum Gasteiger partial charge on any atom is 0.260 e. The highest BCUT2D eigenvalue weighted by molar-refractivity contribution is 5.78. The van der Waals surface area contributed by atoms with Crippen molar-refractivity contribution in [3.63, 3.8) is 0 Å². The van der Waals surface area contributed by atoms with E-state index in [1.54, 1.807) is 0 Å². The second-order valence-corrected chi connectivity index (χ2v) is 6.63. The Balaban J connectivity index is 1.46. The molecule has 1 amide bonds. The lowest BCUT2D eigenvalue weighted by Gasteiger charge is -2.34. The van der Waals surface area contributed by atoms with E-state index in [1.807, 2.05) is 30.0 Å². The molecule has 25 heavy (non-hydrogen) atoms. The van der Waals surface area contributed by atoms with Crippen molar-refractivity contribution in [2.45, 2.75) is 20.4 Å². The Morgan fingerprint density at radius 3 is 2.40 bits per heavy atom. The van der Waals surface area contributed by atoms with Gasteiger partial charge in [0.1, 0.15) is 5.75 Å². The van der Waals surface area contributed by atoms with E-state index in [1.165, 1.54) is 11.1 Å². The highest BCUT2D eigenvalue weighted by Crippen LogP contribution is 2.20. The van der Waals surface area contributed by atoms with Gasteiger partial charge in [0.15, 0.2) is 6.61 Å². The molecule has 132 valence electrons. The van der Waals surface area contributed by atoms with Crippen molar-refractivity contribution in [3.05, 3.63) is 65.2 Å². The molecule has 0 unspecified atom stereocenters. The standard InChI is InChI=1S/C21H26N2O2/c1-17-7-6-10-20(18(17)2)25-16-21(24)23-13-11-22(12-14-23)15-19-8-4-3-5-9-19/h3-10H,11-16H2,1-2H3. The van der Waals surface area contributed by atoms with E-state index in [-0.39, 0.29) is 12.5 Å². The predicted molar refractivity (Wildman–Crippen MR) is 99.7 cm³/mol. The Bertz CT molecular complexity index is 707. The molecule has 1 aliphatic rings. The van der Waals surface area contributed by atoms with Gasteiger partial charge in [0.2, 0.25) is 0 Å². The van der Waals surface area contributed by atoms with Gasteiger partial charge in [0.05, 0.1) is 0 Å². The summed E-state index contributed by atoms with van der Waals surface area (Å²) in [5.74, 6) is 0.872. The zero-order valence-electron chi connectivity index (χ0n) is 15.1. The molecule has 0 bridgehead atoms. The van der Waals surface area contributed by atoms with E-state index in [4.69, 9.17) is 4.74 Å². The molecule has 0 saturated carbocycles. The molecule has 2 aromatic carbocycles. The van der Waals surface area contributed by atoms with Gasteiger partial charge in [0.25, 0.3) is 5.91 Å². The summed E-state index contributed by atoms with van der Waals surface area (Å²) >= 11 is 0. The van der Waals surface area contributed by atoms with Crippen LogP contribution in [0.4, 0.5) is 0 Å². The summed E-state index contributed by atoms with van der Waals surface area (Å²) in [4.78, 5) is 16.7. The molecule has 4 heteroatoms. The highest BCUT2D eigenvalue weighted by Gasteiger charge is 2.21. The lowest BCUT2D eigenvalue weighted by Crippen LogP contribution is -2.49. The van der Waals surface area contributed by atoms with Crippen LogP contribution in [0.1, 0.15) is 16.7 Å². The van der Waals surface area contributed by atoms with Gasteiger partial charge in [-0.05, 0) is 36.6 Å². The van der Waals surface area contributed by atoms with E-state index >= 15 is 0 Å². The molecule has 0 spiro atoms. The van der Waals surface area contributed by atoms with Crippen LogP contribution >= 0.6 is 0 Å². The number of aryl methyl sites for hydroxylation is 1. The number of ether oxygens (including phenoxy) is 1. The fraction of sp³-hybridized carbons (Fsp3) is 0.381. The Morgan fingerprint density at radius 1 is 0.960 bits per heavy atom. The number of piperazine rings is 1. The molecule has 0 atom stereocenters. The zero-order valence-corrected chi connectivity index (χ0v) is 15.1. The fourth-order valence-electron chi connectivity index (χ4n) is 3.11. The molecule has 1 aliphatic heterocycles. The third kappa shape index (κ3) is 4.60. The normalized spacial score (nSPS) is 15.2. The van der Waals surface area contributed by atoms with Crippen LogP contribution in [-0.4, -0.2) is 48.5 Å². The lowest BCUT2D eigenvalue weighted by atomic mass is 10.1. The average Bonchev–Trinajstić information content (AvgIpc) is 2.64. The zero-order chi connectivity index (χ0) is 17.6. The molecule has 4 nitrogen and oxygen atoms in total. The fourth-order valence-corrected chi connectivity index (χ4v) is 3.11. The first-order chi connectivity index (χ1) is 12.1. The average molecular weight is 338 g/mol. The van der Waals surface area contributed by atoms with Crippen molar-refractivity contribution >= 4 is 5.91 Å². The number of benzene rings is 2. The van der Waals surface area contributed by atoms with E-state index in [2.05, 4.69) is 42.2 Å². The van der Waals surface area contributed by atoms with Crippen LogP contribution in [0.15, 0.2) is 48.5 Å². The number of carbonyl (C=O) groups is 1. The van der Waals surface area contributed by atoms with Gasteiger partial charge in [0, 0.05) is 32.7 Å². The van der Waals surface area contributed by atoms with Crippen LogP contribution in [0.25, 0.3) is 0 Å². The summed E-state index contributed by atoms with van der Waals surface area (Å²) in [6, 6.07) is 16.4. The molecule has 1 fully saturated rings. The van der Waals surface area contributed by atoms with E-state index in [0.29, 0.717) is 0 Å². The molecule has 1 heterocycles. The smallest absolute Gasteiger partial charge is 0.260 e. The third-order valence-corrected chi connectivity index (χ3v) is 4.88. The van der Waals surface area contributed by atoms with Gasteiger partial charge in [-0.15, -0.1) is 0 Å². The van der Waals surface area contributed by atoms with E-state index in [9.17, 15) is 4.79 Å². The van der Waals surface area contributed by atoms with Crippen molar-refractivity contribution < 1.29 is 9.53 Å². The van der Waals surface area contributed by atoms with E-state index < -0.39 is 0 Å². The first kappa shape index (κ1) is 17.5. The van der Waals surface area contributed by atoms with Gasteiger partial charge in [-0.2, -0.15) is 0 Å². The van der Waals surface area contributed by atoms with Gasteiger partial charge in [-0.1, -0.05) is 42.5 Å². The van der Waals surface area contributed by atoms with Gasteiger partial charge < -0.3 is 9.64 Å². The Hall–Kier alpha value is -2.33. The largest absolute Gasteiger partial charge is 0.483 e. The second-order valence-electron chi connectivity index (χ2n) is 6.63. The summed E-state index contributed by atoms with van der Waals surface area (Å²) in [6.07, 6.45) is 0. The summed E-state index contributed by atoms with van der Waals surface area (Å²) in [5.41, 5.74) is 3.60. The van der Waals surface area contributed by atoms with Crippen LogP contribution < -0.4 is 4.74 Å². The number of amides is 1. The van der Waals surface area contributed by atoms with Gasteiger partial charge >= 0.3 is 0 Å². The van der Waals surface area contributed by atoms with Gasteiger partial charge in [-0.3, -0.25) is 9.69 Å². The molecule has 3 rings (SSSR count). The molecular formula is C21H26N2O2. The maximum atomic E-state index is 12.4. The van der Waals surface area contributed by atoms with Crippen molar-refractivity contribution in [3.8, 4) is 5.75 Å². The Morgan fingerprint density at radius 2 is 1.68 bits per heavy atom. The van der Waals surface area contributed by atoms with Crippen molar-refractivity contribution in [2.24, 2.45) is 0 Å². The highest BCUT2D eigenvalue weighted by atomic mass is 16.5. The number of carbonyl (C=O) groups excluding carboxylic acids is 1. The van der Waals surface area contributed by atoms with Crippen molar-refractivity contribution in [1.82, 2.24) is 9.80 Å². The topological polar surface area (TPSA) is 32.8 Å². The number of hydrogen-bond donors (Lipinski definition) is 0. The second kappa shape index (κ2) is 8.17. The maximum absolute atomic E-state index is 12.4. The first-order valence-electron chi connectivity index (χ1n) is 8.86. The van der Waals surface area contributed by atoms with Crippen molar-refractivity contribution in [2.75, 3.05) is 32.8 Å². The van der Waals surface area contributed by atoms with Crippen LogP contribution in [0, 0.1) is 13.8 Å². The molecule has 1 saturated heterocycles. The van der Waals surface area contributed by atoms with Crippen LogP contribution in [0.2, 0.25) is 0 Å². The van der Waals surface area contributed by atoms with Gasteiger partial charge in [-0.25, -0.2) is 0 Å². The molecule has 0 N–H and O–H groups in total. The number of nitrogens with zero attached hydrogens (tertiary/aromatic N) is 2. The first-order valence-corrected chi connectivity index (χ1v) is 8.86. The summed E-state index contributed by atoms with van der Waals surface area (Å²) in [6.45, 7) is 8.48. The minimum absolute atomic E-state index is 0.0697. The minimum Gasteiger partial charge on any atom is -0.483 e. The molecule has 0 aliphatic carbocycles. The molecule has 0 radical (unpaired) electrons. The Labute approximate surface area is 150 Å². The SMILES string of the molecule is Cc1cccc(OCC(=O)N2CCN(Cc3ccccc3)CC2)c1C. The van der Waals surface area contributed by atoms with Crippen molar-refractivity contribution in [1.29, 1.82) is 0 Å². The van der Waals surface area contributed by atoms with Crippen LogP contribution in [0.5, 0.6) is 5.75 Å². The summed E-state index contributed by atoms with van der Waals surface area (Å²) < 4.78 is 5.75.